The predicted molar refractivity (Wildman–Crippen MR) is 47.8 cm³/mol. The standard InChI is InChI=1S/C9H7FN4/c1-6-11-13-9(14-12-6)7-3-2-4-8(10)5-7/h2-5H,1H3. The van der Waals surface area contributed by atoms with Crippen molar-refractivity contribution < 1.29 is 4.39 Å². The number of halogens is 1. The number of hydrogen-bond acceptors (Lipinski definition) is 4. The zero-order valence-electron chi connectivity index (χ0n) is 7.48. The molecule has 70 valence electrons. The first-order chi connectivity index (χ1) is 6.75. The van der Waals surface area contributed by atoms with Gasteiger partial charge in [-0.1, -0.05) is 12.1 Å². The maximum Gasteiger partial charge on any atom is 0.203 e. The Labute approximate surface area is 79.8 Å². The Morgan fingerprint density at radius 2 is 1.79 bits per heavy atom. The van der Waals surface area contributed by atoms with Crippen LogP contribution in [0.25, 0.3) is 11.4 Å². The Bertz CT molecular complexity index is 441. The smallest absolute Gasteiger partial charge is 0.203 e. The van der Waals surface area contributed by atoms with Gasteiger partial charge in [0.1, 0.15) is 5.82 Å². The number of rotatable bonds is 1. The number of hydrogen-bond donors (Lipinski definition) is 0. The van der Waals surface area contributed by atoms with E-state index in [0.29, 0.717) is 17.2 Å². The Kier molecular flexibility index (Phi) is 2.14. The van der Waals surface area contributed by atoms with Crippen molar-refractivity contribution >= 4 is 0 Å². The van der Waals surface area contributed by atoms with Crippen molar-refractivity contribution in [3.05, 3.63) is 35.9 Å². The Morgan fingerprint density at radius 1 is 1.07 bits per heavy atom. The molecule has 1 heterocycles. The molecule has 0 aliphatic heterocycles. The summed E-state index contributed by atoms with van der Waals surface area (Å²) in [6, 6.07) is 6.00. The van der Waals surface area contributed by atoms with Crippen molar-refractivity contribution in [2.75, 3.05) is 0 Å². The Balaban J connectivity index is 2.44. The van der Waals surface area contributed by atoms with E-state index in [4.69, 9.17) is 0 Å². The molecule has 0 unspecified atom stereocenters. The van der Waals surface area contributed by atoms with E-state index in [-0.39, 0.29) is 5.82 Å². The lowest BCUT2D eigenvalue weighted by Crippen LogP contribution is -1.98. The van der Waals surface area contributed by atoms with Crippen LogP contribution in [-0.4, -0.2) is 20.4 Å². The third kappa shape index (κ3) is 1.71. The van der Waals surface area contributed by atoms with Gasteiger partial charge < -0.3 is 0 Å². The minimum absolute atomic E-state index is 0.327. The highest BCUT2D eigenvalue weighted by Gasteiger charge is 2.02. The Morgan fingerprint density at radius 3 is 2.43 bits per heavy atom. The molecule has 1 aromatic carbocycles. The van der Waals surface area contributed by atoms with Gasteiger partial charge in [-0.05, 0) is 19.1 Å². The zero-order chi connectivity index (χ0) is 9.97. The van der Waals surface area contributed by atoms with Crippen molar-refractivity contribution in [2.45, 2.75) is 6.92 Å². The average Bonchev–Trinajstić information content (AvgIpc) is 2.19. The van der Waals surface area contributed by atoms with Crippen LogP contribution in [0.2, 0.25) is 0 Å². The van der Waals surface area contributed by atoms with E-state index in [9.17, 15) is 4.39 Å². The second kappa shape index (κ2) is 3.45. The van der Waals surface area contributed by atoms with Crippen molar-refractivity contribution in [1.29, 1.82) is 0 Å². The highest BCUT2D eigenvalue weighted by atomic mass is 19.1. The number of aryl methyl sites for hydroxylation is 1. The van der Waals surface area contributed by atoms with Crippen LogP contribution < -0.4 is 0 Å². The van der Waals surface area contributed by atoms with Crippen LogP contribution in [0.5, 0.6) is 0 Å². The topological polar surface area (TPSA) is 51.6 Å². The summed E-state index contributed by atoms with van der Waals surface area (Å²) in [5.74, 6) is 0.493. The molecule has 0 atom stereocenters. The second-order valence-electron chi connectivity index (χ2n) is 2.78. The fourth-order valence-electron chi connectivity index (χ4n) is 1.02. The van der Waals surface area contributed by atoms with Crippen LogP contribution in [0.1, 0.15) is 5.82 Å². The molecule has 5 heteroatoms. The summed E-state index contributed by atoms with van der Waals surface area (Å²) in [7, 11) is 0. The lowest BCUT2D eigenvalue weighted by Gasteiger charge is -1.97. The van der Waals surface area contributed by atoms with Gasteiger partial charge in [0.15, 0.2) is 5.82 Å². The lowest BCUT2D eigenvalue weighted by atomic mass is 10.2. The maximum absolute atomic E-state index is 12.8. The zero-order valence-corrected chi connectivity index (χ0v) is 7.48. The van der Waals surface area contributed by atoms with E-state index in [0.717, 1.165) is 0 Å². The molecule has 0 aliphatic rings. The summed E-state index contributed by atoms with van der Waals surface area (Å²) in [5, 5.41) is 15.1. The SMILES string of the molecule is Cc1nnc(-c2cccc(F)c2)nn1. The number of benzene rings is 1. The molecule has 2 aromatic rings. The van der Waals surface area contributed by atoms with E-state index in [2.05, 4.69) is 20.4 Å². The normalized spacial score (nSPS) is 10.1. The monoisotopic (exact) mass is 190 g/mol. The molecule has 0 radical (unpaired) electrons. The van der Waals surface area contributed by atoms with Gasteiger partial charge in [-0.25, -0.2) is 4.39 Å². The quantitative estimate of drug-likeness (QED) is 0.681. The van der Waals surface area contributed by atoms with Gasteiger partial charge >= 0.3 is 0 Å². The van der Waals surface area contributed by atoms with Crippen LogP contribution in [0, 0.1) is 12.7 Å². The molecule has 4 nitrogen and oxygen atoms in total. The lowest BCUT2D eigenvalue weighted by molar-refractivity contribution is 0.628. The first-order valence-corrected chi connectivity index (χ1v) is 4.05. The van der Waals surface area contributed by atoms with Crippen LogP contribution in [0.3, 0.4) is 0 Å². The van der Waals surface area contributed by atoms with E-state index >= 15 is 0 Å². The molecule has 0 spiro atoms. The van der Waals surface area contributed by atoms with Gasteiger partial charge in [-0.15, -0.1) is 20.4 Å². The number of aromatic nitrogens is 4. The van der Waals surface area contributed by atoms with Crippen molar-refractivity contribution in [2.24, 2.45) is 0 Å². The molecule has 0 saturated carbocycles. The fourth-order valence-corrected chi connectivity index (χ4v) is 1.02. The molecule has 0 amide bonds. The molecule has 0 aliphatic carbocycles. The second-order valence-corrected chi connectivity index (χ2v) is 2.78. The first-order valence-electron chi connectivity index (χ1n) is 4.05. The van der Waals surface area contributed by atoms with E-state index in [1.807, 2.05) is 0 Å². The molecule has 1 aromatic heterocycles. The molecule has 2 rings (SSSR count). The van der Waals surface area contributed by atoms with Gasteiger partial charge in [0.25, 0.3) is 0 Å². The molecule has 0 saturated heterocycles. The van der Waals surface area contributed by atoms with Crippen LogP contribution in [0.15, 0.2) is 24.3 Å². The Hall–Kier alpha value is -1.91. The predicted octanol–water partition coefficient (Wildman–Crippen LogP) is 1.38. The van der Waals surface area contributed by atoms with E-state index < -0.39 is 0 Å². The summed E-state index contributed by atoms with van der Waals surface area (Å²) in [5.41, 5.74) is 0.574. The minimum Gasteiger partial charge on any atom is -0.207 e. The van der Waals surface area contributed by atoms with Crippen LogP contribution >= 0.6 is 0 Å². The molecule has 0 fully saturated rings. The highest BCUT2D eigenvalue weighted by Crippen LogP contribution is 2.13. The molecule has 0 N–H and O–H groups in total. The largest absolute Gasteiger partial charge is 0.207 e. The molecule has 14 heavy (non-hydrogen) atoms. The number of nitrogens with zero attached hydrogens (tertiary/aromatic N) is 4. The van der Waals surface area contributed by atoms with Crippen LogP contribution in [0.4, 0.5) is 4.39 Å². The van der Waals surface area contributed by atoms with E-state index in [1.54, 1.807) is 19.1 Å². The summed E-state index contributed by atoms with van der Waals surface area (Å²) in [4.78, 5) is 0. The van der Waals surface area contributed by atoms with Crippen molar-refractivity contribution in [3.63, 3.8) is 0 Å². The van der Waals surface area contributed by atoms with E-state index in [1.165, 1.54) is 12.1 Å². The fraction of sp³-hybridized carbons (Fsp3) is 0.111. The molecular weight excluding hydrogens is 183 g/mol. The molecule has 0 bridgehead atoms. The third-order valence-corrected chi connectivity index (χ3v) is 1.66. The summed E-state index contributed by atoms with van der Waals surface area (Å²) in [6.45, 7) is 1.69. The third-order valence-electron chi connectivity index (χ3n) is 1.66. The van der Waals surface area contributed by atoms with Gasteiger partial charge in [0.2, 0.25) is 5.82 Å². The summed E-state index contributed by atoms with van der Waals surface area (Å²) in [6.07, 6.45) is 0. The maximum atomic E-state index is 12.8. The van der Waals surface area contributed by atoms with Gasteiger partial charge in [0, 0.05) is 5.56 Å². The average molecular weight is 190 g/mol. The van der Waals surface area contributed by atoms with Crippen LogP contribution in [-0.2, 0) is 0 Å². The van der Waals surface area contributed by atoms with Gasteiger partial charge in [0.05, 0.1) is 0 Å². The first kappa shape index (κ1) is 8.68. The molecular formula is C9H7FN4. The summed E-state index contributed by atoms with van der Waals surface area (Å²) >= 11 is 0. The van der Waals surface area contributed by atoms with Crippen molar-refractivity contribution in [1.82, 2.24) is 20.4 Å². The van der Waals surface area contributed by atoms with Crippen molar-refractivity contribution in [3.8, 4) is 11.4 Å². The van der Waals surface area contributed by atoms with Gasteiger partial charge in [-0.3, -0.25) is 0 Å². The highest BCUT2D eigenvalue weighted by molar-refractivity contribution is 5.53. The van der Waals surface area contributed by atoms with Gasteiger partial charge in [-0.2, -0.15) is 0 Å². The summed E-state index contributed by atoms with van der Waals surface area (Å²) < 4.78 is 12.8. The minimum atomic E-state index is -0.327.